The number of ether oxygens (including phenoxy) is 1. The van der Waals surface area contributed by atoms with Crippen LogP contribution in [0.5, 0.6) is 5.75 Å². The summed E-state index contributed by atoms with van der Waals surface area (Å²) < 4.78 is 5.45. The van der Waals surface area contributed by atoms with E-state index in [2.05, 4.69) is 11.1 Å². The van der Waals surface area contributed by atoms with Gasteiger partial charge in [0.05, 0.1) is 6.61 Å². The minimum absolute atomic E-state index is 0.0147. The molecule has 0 atom stereocenters. The summed E-state index contributed by atoms with van der Waals surface area (Å²) in [7, 11) is 0. The van der Waals surface area contributed by atoms with Gasteiger partial charge in [-0.2, -0.15) is 0 Å². The third kappa shape index (κ3) is 2.55. The van der Waals surface area contributed by atoms with Crippen molar-refractivity contribution < 1.29 is 9.53 Å². The van der Waals surface area contributed by atoms with E-state index in [1.807, 2.05) is 18.2 Å². The molecule has 2 heterocycles. The number of nitrogens with zero attached hydrogens (tertiary/aromatic N) is 1. The van der Waals surface area contributed by atoms with Crippen molar-refractivity contribution in [3.05, 3.63) is 65.5 Å². The van der Waals surface area contributed by atoms with Crippen LogP contribution in [0.1, 0.15) is 21.5 Å². The number of pyridine rings is 1. The number of carbonyl (C=O) groups is 1. The summed E-state index contributed by atoms with van der Waals surface area (Å²) in [5.41, 5.74) is 2.88. The molecule has 0 fully saturated rings. The van der Waals surface area contributed by atoms with Gasteiger partial charge in [-0.25, -0.2) is 0 Å². The van der Waals surface area contributed by atoms with Crippen molar-refractivity contribution in [1.29, 1.82) is 0 Å². The quantitative estimate of drug-likeness (QED) is 0.622. The second-order valence-corrected chi connectivity index (χ2v) is 4.40. The molecule has 94 valence electrons. The lowest BCUT2D eigenvalue weighted by Gasteiger charge is -1.99. The van der Waals surface area contributed by atoms with Crippen molar-refractivity contribution in [2.45, 2.75) is 6.42 Å². The summed E-state index contributed by atoms with van der Waals surface area (Å²) in [4.78, 5) is 15.8. The molecule has 0 amide bonds. The Balaban J connectivity index is 1.78. The summed E-state index contributed by atoms with van der Waals surface area (Å²) >= 11 is 0. The lowest BCUT2D eigenvalue weighted by molar-refractivity contribution is 0.104. The van der Waals surface area contributed by atoms with Gasteiger partial charge in [-0.05, 0) is 41.5 Å². The number of carbonyl (C=O) groups excluding carboxylic acids is 1. The molecule has 0 saturated heterocycles. The summed E-state index contributed by atoms with van der Waals surface area (Å²) in [5.74, 6) is 0.941. The molecule has 1 aromatic carbocycles. The van der Waals surface area contributed by atoms with Crippen molar-refractivity contribution >= 4 is 11.9 Å². The Hall–Kier alpha value is -2.42. The molecule has 0 bridgehead atoms. The molecule has 1 aromatic heterocycles. The highest BCUT2D eigenvalue weighted by atomic mass is 16.5. The number of allylic oxidation sites excluding steroid dienone is 1. The fraction of sp³-hybridized carbons (Fsp3) is 0.125. The van der Waals surface area contributed by atoms with Gasteiger partial charge in [-0.15, -0.1) is 0 Å². The first kappa shape index (κ1) is 11.7. The van der Waals surface area contributed by atoms with E-state index in [0.29, 0.717) is 5.56 Å². The summed E-state index contributed by atoms with van der Waals surface area (Å²) in [6.07, 6.45) is 7.60. The topological polar surface area (TPSA) is 39.2 Å². The second kappa shape index (κ2) is 5.06. The standard InChI is InChI=1S/C16H13NO2/c18-15(13-5-8-17-9-6-13)3-1-12-2-4-16-14(11-12)7-10-19-16/h1-6,8-9,11H,7,10H2. The zero-order valence-corrected chi connectivity index (χ0v) is 10.4. The number of hydrogen-bond donors (Lipinski definition) is 0. The fourth-order valence-corrected chi connectivity index (χ4v) is 2.09. The zero-order chi connectivity index (χ0) is 13.1. The molecule has 0 spiro atoms. The summed E-state index contributed by atoms with van der Waals surface area (Å²) in [5, 5.41) is 0. The average molecular weight is 251 g/mol. The lowest BCUT2D eigenvalue weighted by Crippen LogP contribution is -1.93. The molecule has 3 heteroatoms. The van der Waals surface area contributed by atoms with Crippen LogP contribution in [0.2, 0.25) is 0 Å². The van der Waals surface area contributed by atoms with E-state index in [1.54, 1.807) is 30.6 Å². The summed E-state index contributed by atoms with van der Waals surface area (Å²) in [6, 6.07) is 9.41. The Kier molecular flexibility index (Phi) is 3.11. The first-order valence-electron chi connectivity index (χ1n) is 6.21. The number of aromatic nitrogens is 1. The largest absolute Gasteiger partial charge is 0.493 e. The Morgan fingerprint density at radius 2 is 2.05 bits per heavy atom. The maximum Gasteiger partial charge on any atom is 0.185 e. The van der Waals surface area contributed by atoms with Crippen LogP contribution in [0.4, 0.5) is 0 Å². The first-order valence-corrected chi connectivity index (χ1v) is 6.21. The Morgan fingerprint density at radius 1 is 1.21 bits per heavy atom. The molecule has 3 nitrogen and oxygen atoms in total. The molecule has 0 N–H and O–H groups in total. The van der Waals surface area contributed by atoms with Gasteiger partial charge in [0.25, 0.3) is 0 Å². The normalized spacial score (nSPS) is 13.3. The molecular formula is C16H13NO2. The van der Waals surface area contributed by atoms with E-state index in [-0.39, 0.29) is 5.78 Å². The predicted octanol–water partition coefficient (Wildman–Crippen LogP) is 2.91. The molecule has 3 rings (SSSR count). The van der Waals surface area contributed by atoms with Crippen molar-refractivity contribution in [2.24, 2.45) is 0 Å². The fourth-order valence-electron chi connectivity index (χ4n) is 2.09. The maximum atomic E-state index is 11.9. The van der Waals surface area contributed by atoms with Gasteiger partial charge >= 0.3 is 0 Å². The van der Waals surface area contributed by atoms with Crippen LogP contribution in [0.3, 0.4) is 0 Å². The molecule has 2 aromatic rings. The zero-order valence-electron chi connectivity index (χ0n) is 10.4. The third-order valence-corrected chi connectivity index (χ3v) is 3.11. The molecule has 0 unspecified atom stereocenters. The molecule has 0 radical (unpaired) electrons. The monoisotopic (exact) mass is 251 g/mol. The summed E-state index contributed by atoms with van der Waals surface area (Å²) in [6.45, 7) is 0.748. The van der Waals surface area contributed by atoms with E-state index in [4.69, 9.17) is 4.74 Å². The minimum atomic E-state index is -0.0147. The van der Waals surface area contributed by atoms with Gasteiger partial charge in [0.1, 0.15) is 5.75 Å². The molecule has 19 heavy (non-hydrogen) atoms. The highest BCUT2D eigenvalue weighted by Gasteiger charge is 2.11. The van der Waals surface area contributed by atoms with Crippen LogP contribution in [0.15, 0.2) is 48.8 Å². The van der Waals surface area contributed by atoms with E-state index in [9.17, 15) is 4.79 Å². The van der Waals surface area contributed by atoms with Gasteiger partial charge in [-0.1, -0.05) is 12.1 Å². The number of benzene rings is 1. The van der Waals surface area contributed by atoms with Crippen molar-refractivity contribution in [2.75, 3.05) is 6.61 Å². The van der Waals surface area contributed by atoms with Gasteiger partial charge < -0.3 is 4.74 Å². The first-order chi connectivity index (χ1) is 9.33. The van der Waals surface area contributed by atoms with Crippen molar-refractivity contribution in [3.8, 4) is 5.75 Å². The SMILES string of the molecule is O=C(C=Cc1ccc2c(c1)CCO2)c1ccncc1. The average Bonchev–Trinajstić information content (AvgIpc) is 2.93. The Morgan fingerprint density at radius 3 is 2.89 bits per heavy atom. The Labute approximate surface area is 111 Å². The van der Waals surface area contributed by atoms with Gasteiger partial charge in [0.15, 0.2) is 5.78 Å². The Bertz CT molecular complexity index is 632. The van der Waals surface area contributed by atoms with Crippen LogP contribution in [-0.4, -0.2) is 17.4 Å². The third-order valence-electron chi connectivity index (χ3n) is 3.11. The highest BCUT2D eigenvalue weighted by molar-refractivity contribution is 6.06. The molecule has 1 aliphatic rings. The van der Waals surface area contributed by atoms with E-state index in [1.165, 1.54) is 5.56 Å². The molecule has 0 aliphatic carbocycles. The number of rotatable bonds is 3. The maximum absolute atomic E-state index is 11.9. The minimum Gasteiger partial charge on any atom is -0.493 e. The van der Waals surface area contributed by atoms with Gasteiger partial charge in [-0.3, -0.25) is 9.78 Å². The van der Waals surface area contributed by atoms with Crippen molar-refractivity contribution in [1.82, 2.24) is 4.98 Å². The van der Waals surface area contributed by atoms with Crippen LogP contribution >= 0.6 is 0 Å². The van der Waals surface area contributed by atoms with Crippen LogP contribution in [0.25, 0.3) is 6.08 Å². The molecule has 0 saturated carbocycles. The molecule has 1 aliphatic heterocycles. The second-order valence-electron chi connectivity index (χ2n) is 4.40. The number of hydrogen-bond acceptors (Lipinski definition) is 3. The van der Waals surface area contributed by atoms with E-state index in [0.717, 1.165) is 24.3 Å². The number of fused-ring (bicyclic) bond motifs is 1. The van der Waals surface area contributed by atoms with E-state index < -0.39 is 0 Å². The lowest BCUT2D eigenvalue weighted by atomic mass is 10.1. The van der Waals surface area contributed by atoms with Crippen molar-refractivity contribution in [3.63, 3.8) is 0 Å². The van der Waals surface area contributed by atoms with Crippen LogP contribution in [-0.2, 0) is 6.42 Å². The van der Waals surface area contributed by atoms with Gasteiger partial charge in [0, 0.05) is 24.4 Å². The van der Waals surface area contributed by atoms with E-state index >= 15 is 0 Å². The molecular weight excluding hydrogens is 238 g/mol. The van der Waals surface area contributed by atoms with Gasteiger partial charge in [0.2, 0.25) is 0 Å². The van der Waals surface area contributed by atoms with Crippen LogP contribution < -0.4 is 4.74 Å². The van der Waals surface area contributed by atoms with Crippen LogP contribution in [0, 0.1) is 0 Å². The smallest absolute Gasteiger partial charge is 0.185 e. The number of ketones is 1. The predicted molar refractivity (Wildman–Crippen MR) is 73.2 cm³/mol. The highest BCUT2D eigenvalue weighted by Crippen LogP contribution is 2.26.